The van der Waals surface area contributed by atoms with Crippen LogP contribution in [0.4, 0.5) is 0 Å². The number of rotatable bonds is 30. The number of benzene rings is 2. The molecule has 2 aromatic rings. The SMILES string of the molecule is CCCCCCCCCCCCCCCCCCCCOc1ccc(Oc2ccc(CCCCCCCCC)cc2)cc1. The molecular weight excluding hydrogens is 524 g/mol. The monoisotopic (exact) mass is 593 g/mol. The van der Waals surface area contributed by atoms with Crippen LogP contribution in [-0.2, 0) is 6.42 Å². The van der Waals surface area contributed by atoms with Crippen molar-refractivity contribution in [3.63, 3.8) is 0 Å². The van der Waals surface area contributed by atoms with Crippen LogP contribution in [-0.4, -0.2) is 6.61 Å². The van der Waals surface area contributed by atoms with Crippen molar-refractivity contribution in [1.29, 1.82) is 0 Å². The molecule has 0 fully saturated rings. The molecule has 244 valence electrons. The third kappa shape index (κ3) is 21.4. The van der Waals surface area contributed by atoms with E-state index in [1.165, 1.54) is 166 Å². The summed E-state index contributed by atoms with van der Waals surface area (Å²) in [5.74, 6) is 2.69. The molecule has 0 aliphatic carbocycles. The summed E-state index contributed by atoms with van der Waals surface area (Å²) in [7, 11) is 0. The molecule has 0 spiro atoms. The second-order valence-electron chi connectivity index (χ2n) is 12.9. The Morgan fingerprint density at radius 2 is 0.674 bits per heavy atom. The molecule has 2 nitrogen and oxygen atoms in total. The van der Waals surface area contributed by atoms with Gasteiger partial charge < -0.3 is 9.47 Å². The summed E-state index contributed by atoms with van der Waals surface area (Å²) in [6, 6.07) is 16.7. The predicted octanol–water partition coefficient (Wildman–Crippen LogP) is 14.2. The average molecular weight is 593 g/mol. The zero-order valence-corrected chi connectivity index (χ0v) is 28.5. The van der Waals surface area contributed by atoms with E-state index in [9.17, 15) is 0 Å². The average Bonchev–Trinajstić information content (AvgIpc) is 3.03. The Morgan fingerprint density at radius 3 is 1.09 bits per heavy atom. The van der Waals surface area contributed by atoms with Crippen LogP contribution in [0.2, 0.25) is 0 Å². The van der Waals surface area contributed by atoms with E-state index in [4.69, 9.17) is 9.47 Å². The summed E-state index contributed by atoms with van der Waals surface area (Å²) in [6.07, 6.45) is 36.0. The molecule has 0 aliphatic rings. The van der Waals surface area contributed by atoms with Gasteiger partial charge in [0, 0.05) is 0 Å². The molecule has 0 atom stereocenters. The minimum atomic E-state index is 0.805. The maximum Gasteiger partial charge on any atom is 0.127 e. The minimum Gasteiger partial charge on any atom is -0.494 e. The van der Waals surface area contributed by atoms with Gasteiger partial charge in [0.1, 0.15) is 17.2 Å². The number of unbranched alkanes of at least 4 members (excludes halogenated alkanes) is 23. The molecule has 0 bridgehead atoms. The summed E-state index contributed by atoms with van der Waals surface area (Å²) in [6.45, 7) is 5.38. The van der Waals surface area contributed by atoms with Crippen LogP contribution in [0.3, 0.4) is 0 Å². The molecule has 0 saturated carbocycles. The summed E-state index contributed by atoms with van der Waals surface area (Å²) in [5, 5.41) is 0. The molecular formula is C41H68O2. The van der Waals surface area contributed by atoms with E-state index in [-0.39, 0.29) is 0 Å². The van der Waals surface area contributed by atoms with Gasteiger partial charge >= 0.3 is 0 Å². The number of aryl methyl sites for hydroxylation is 1. The lowest BCUT2D eigenvalue weighted by molar-refractivity contribution is 0.304. The lowest BCUT2D eigenvalue weighted by Crippen LogP contribution is -1.97. The van der Waals surface area contributed by atoms with E-state index in [2.05, 4.69) is 38.1 Å². The lowest BCUT2D eigenvalue weighted by atomic mass is 10.0. The Hall–Kier alpha value is -1.96. The molecule has 0 amide bonds. The zero-order chi connectivity index (χ0) is 30.5. The first-order valence-corrected chi connectivity index (χ1v) is 18.8. The normalized spacial score (nSPS) is 11.2. The summed E-state index contributed by atoms with van der Waals surface area (Å²) < 4.78 is 12.0. The highest BCUT2D eigenvalue weighted by Gasteiger charge is 2.01. The van der Waals surface area contributed by atoms with Gasteiger partial charge in [-0.2, -0.15) is 0 Å². The molecule has 0 N–H and O–H groups in total. The summed E-state index contributed by atoms with van der Waals surface area (Å²) in [5.41, 5.74) is 1.41. The second kappa shape index (κ2) is 27.6. The molecule has 2 rings (SSSR count). The Balaban J connectivity index is 1.39. The van der Waals surface area contributed by atoms with Crippen molar-refractivity contribution in [2.75, 3.05) is 6.61 Å². The Kier molecular flexibility index (Phi) is 23.9. The van der Waals surface area contributed by atoms with E-state index in [0.717, 1.165) is 30.3 Å². The van der Waals surface area contributed by atoms with Crippen LogP contribution in [0.1, 0.15) is 180 Å². The standard InChI is InChI=1S/C41H68O2/c1-3-5-7-9-11-12-13-14-15-16-17-18-19-20-21-23-25-27-37-42-39-33-35-41(36-34-39)43-40-31-29-38(30-32-40)28-26-24-22-10-8-6-4-2/h29-36H,3-28,37H2,1-2H3. The van der Waals surface area contributed by atoms with Gasteiger partial charge in [0.05, 0.1) is 6.61 Å². The molecule has 0 aliphatic heterocycles. The Labute approximate surface area is 267 Å². The van der Waals surface area contributed by atoms with Crippen LogP contribution in [0, 0.1) is 0 Å². The summed E-state index contributed by atoms with van der Waals surface area (Å²) >= 11 is 0. The highest BCUT2D eigenvalue weighted by Crippen LogP contribution is 2.25. The van der Waals surface area contributed by atoms with Gasteiger partial charge in [-0.05, 0) is 61.2 Å². The summed E-state index contributed by atoms with van der Waals surface area (Å²) in [4.78, 5) is 0. The van der Waals surface area contributed by atoms with Crippen molar-refractivity contribution in [1.82, 2.24) is 0 Å². The quantitative estimate of drug-likeness (QED) is 0.0840. The third-order valence-electron chi connectivity index (χ3n) is 8.82. The topological polar surface area (TPSA) is 18.5 Å². The number of hydrogen-bond acceptors (Lipinski definition) is 2. The van der Waals surface area contributed by atoms with E-state index >= 15 is 0 Å². The fourth-order valence-corrected chi connectivity index (χ4v) is 5.94. The number of ether oxygens (including phenoxy) is 2. The molecule has 0 unspecified atom stereocenters. The van der Waals surface area contributed by atoms with Gasteiger partial charge in [0.25, 0.3) is 0 Å². The highest BCUT2D eigenvalue weighted by atomic mass is 16.5. The predicted molar refractivity (Wildman–Crippen MR) is 189 cm³/mol. The maximum atomic E-state index is 6.06. The van der Waals surface area contributed by atoms with Gasteiger partial charge in [-0.25, -0.2) is 0 Å². The molecule has 0 heterocycles. The van der Waals surface area contributed by atoms with Crippen LogP contribution in [0.5, 0.6) is 17.2 Å². The first-order valence-electron chi connectivity index (χ1n) is 18.8. The number of hydrogen-bond donors (Lipinski definition) is 0. The first kappa shape index (κ1) is 37.2. The molecule has 2 heteroatoms. The van der Waals surface area contributed by atoms with E-state index < -0.39 is 0 Å². The van der Waals surface area contributed by atoms with E-state index in [0.29, 0.717) is 0 Å². The smallest absolute Gasteiger partial charge is 0.127 e. The molecule has 0 radical (unpaired) electrons. The van der Waals surface area contributed by atoms with Gasteiger partial charge in [-0.3, -0.25) is 0 Å². The largest absolute Gasteiger partial charge is 0.494 e. The van der Waals surface area contributed by atoms with Gasteiger partial charge in [-0.15, -0.1) is 0 Å². The Bertz CT molecular complexity index is 841. The van der Waals surface area contributed by atoms with Crippen molar-refractivity contribution in [3.8, 4) is 17.2 Å². The van der Waals surface area contributed by atoms with Crippen molar-refractivity contribution >= 4 is 0 Å². The van der Waals surface area contributed by atoms with E-state index in [1.807, 2.05) is 24.3 Å². The van der Waals surface area contributed by atoms with Crippen LogP contribution in [0.25, 0.3) is 0 Å². The van der Waals surface area contributed by atoms with Gasteiger partial charge in [0.2, 0.25) is 0 Å². The molecule has 2 aromatic carbocycles. The van der Waals surface area contributed by atoms with Gasteiger partial charge in [0.15, 0.2) is 0 Å². The molecule has 43 heavy (non-hydrogen) atoms. The zero-order valence-electron chi connectivity index (χ0n) is 28.5. The third-order valence-corrected chi connectivity index (χ3v) is 8.82. The van der Waals surface area contributed by atoms with Crippen molar-refractivity contribution in [3.05, 3.63) is 54.1 Å². The van der Waals surface area contributed by atoms with Gasteiger partial charge in [-0.1, -0.05) is 174 Å². The Morgan fingerprint density at radius 1 is 0.349 bits per heavy atom. The molecule has 0 aromatic heterocycles. The van der Waals surface area contributed by atoms with Crippen LogP contribution in [0.15, 0.2) is 48.5 Å². The fraction of sp³-hybridized carbons (Fsp3) is 0.707. The lowest BCUT2D eigenvalue weighted by Gasteiger charge is -2.09. The molecule has 0 saturated heterocycles. The maximum absolute atomic E-state index is 6.06. The van der Waals surface area contributed by atoms with Crippen LogP contribution < -0.4 is 9.47 Å². The van der Waals surface area contributed by atoms with Crippen molar-refractivity contribution in [2.45, 2.75) is 181 Å². The minimum absolute atomic E-state index is 0.805. The second-order valence-corrected chi connectivity index (χ2v) is 12.9. The fourth-order valence-electron chi connectivity index (χ4n) is 5.94. The highest BCUT2D eigenvalue weighted by molar-refractivity contribution is 5.36. The van der Waals surface area contributed by atoms with E-state index in [1.54, 1.807) is 0 Å². The van der Waals surface area contributed by atoms with Crippen LogP contribution >= 0.6 is 0 Å². The van der Waals surface area contributed by atoms with Crippen molar-refractivity contribution in [2.24, 2.45) is 0 Å². The van der Waals surface area contributed by atoms with Crippen molar-refractivity contribution < 1.29 is 9.47 Å². The first-order chi connectivity index (χ1) is 21.3.